The molecule has 4 atom stereocenters. The van der Waals surface area contributed by atoms with Crippen molar-refractivity contribution in [3.8, 4) is 0 Å². The van der Waals surface area contributed by atoms with Gasteiger partial charge in [0.25, 0.3) is 0 Å². The fourth-order valence-corrected chi connectivity index (χ4v) is 4.65. The number of fused-ring (bicyclic) bond motifs is 1. The zero-order valence-electron chi connectivity index (χ0n) is 16.7. The molecule has 2 fully saturated rings. The maximum Gasteiger partial charge on any atom is 0.341 e. The molecule has 2 aliphatic rings. The van der Waals surface area contributed by atoms with Gasteiger partial charge in [0.15, 0.2) is 0 Å². The third-order valence-corrected chi connectivity index (χ3v) is 6.33. The van der Waals surface area contributed by atoms with Crippen LogP contribution in [-0.2, 0) is 0 Å². The Bertz CT molecular complexity index is 1070. The first kappa shape index (κ1) is 19.8. The van der Waals surface area contributed by atoms with Gasteiger partial charge in [-0.15, -0.1) is 0 Å². The van der Waals surface area contributed by atoms with Gasteiger partial charge in [0, 0.05) is 37.1 Å². The largest absolute Gasteiger partial charge is 0.477 e. The summed E-state index contributed by atoms with van der Waals surface area (Å²) < 4.78 is 30.6. The first-order chi connectivity index (χ1) is 13.6. The Balaban J connectivity index is 1.94. The standard InChI is InChI=1S/C21H25F2N3O3/c1-9(2)12-6-25(8-16(12)24)19-10(3)18-11(4-15(19)23)20(27)13(21(28)29)7-26(18)17-5-14(17)22/h4,7,9,12,14,16-17H,5-6,8,24H2,1-3H3,(H,28,29). The van der Waals surface area contributed by atoms with Gasteiger partial charge >= 0.3 is 5.97 Å². The van der Waals surface area contributed by atoms with Crippen molar-refractivity contribution in [1.82, 2.24) is 4.57 Å². The number of carboxylic acid groups (broad SMARTS) is 1. The van der Waals surface area contributed by atoms with Crippen LogP contribution in [0.5, 0.6) is 0 Å². The zero-order valence-corrected chi connectivity index (χ0v) is 16.7. The van der Waals surface area contributed by atoms with Crippen molar-refractivity contribution in [3.05, 3.63) is 39.4 Å². The van der Waals surface area contributed by atoms with E-state index < -0.39 is 35.0 Å². The molecule has 8 heteroatoms. The Kier molecular flexibility index (Phi) is 4.64. The first-order valence-electron chi connectivity index (χ1n) is 9.87. The topological polar surface area (TPSA) is 88.6 Å². The molecule has 0 spiro atoms. The molecule has 29 heavy (non-hydrogen) atoms. The summed E-state index contributed by atoms with van der Waals surface area (Å²) >= 11 is 0. The van der Waals surface area contributed by atoms with Crippen LogP contribution in [0.15, 0.2) is 17.1 Å². The van der Waals surface area contributed by atoms with Crippen LogP contribution in [0.25, 0.3) is 10.9 Å². The number of aromatic nitrogens is 1. The lowest BCUT2D eigenvalue weighted by atomic mass is 9.92. The highest BCUT2D eigenvalue weighted by molar-refractivity contribution is 5.95. The zero-order chi connectivity index (χ0) is 21.2. The van der Waals surface area contributed by atoms with Gasteiger partial charge in [0.2, 0.25) is 5.43 Å². The number of rotatable bonds is 4. The fourth-order valence-electron chi connectivity index (χ4n) is 4.65. The number of nitrogens with two attached hydrogens (primary N) is 1. The van der Waals surface area contributed by atoms with Crippen LogP contribution < -0.4 is 16.1 Å². The minimum absolute atomic E-state index is 0.0355. The second-order valence-corrected chi connectivity index (χ2v) is 8.61. The van der Waals surface area contributed by atoms with Gasteiger partial charge in [0.05, 0.1) is 17.2 Å². The fraction of sp³-hybridized carbons (Fsp3) is 0.524. The highest BCUT2D eigenvalue weighted by Gasteiger charge is 2.41. The van der Waals surface area contributed by atoms with Crippen LogP contribution in [-0.4, -0.2) is 40.9 Å². The number of carbonyl (C=O) groups is 1. The van der Waals surface area contributed by atoms with Crippen LogP contribution >= 0.6 is 0 Å². The van der Waals surface area contributed by atoms with E-state index in [1.165, 1.54) is 10.8 Å². The SMILES string of the molecule is Cc1c(N2CC(N)C(C(C)C)C2)c(F)cc2c(=O)c(C(=O)O)cn(C3CC3F)c12. The molecule has 1 saturated heterocycles. The molecule has 1 aliphatic carbocycles. The summed E-state index contributed by atoms with van der Waals surface area (Å²) in [7, 11) is 0. The molecule has 1 aromatic carbocycles. The van der Waals surface area contributed by atoms with E-state index in [1.807, 2.05) is 4.90 Å². The molecule has 1 saturated carbocycles. The van der Waals surface area contributed by atoms with Gasteiger partial charge in [-0.3, -0.25) is 4.79 Å². The Labute approximate surface area is 166 Å². The second-order valence-electron chi connectivity index (χ2n) is 8.61. The van der Waals surface area contributed by atoms with Crippen molar-refractivity contribution < 1.29 is 18.7 Å². The lowest BCUT2D eigenvalue weighted by molar-refractivity contribution is 0.0694. The van der Waals surface area contributed by atoms with Crippen LogP contribution in [0.1, 0.15) is 42.2 Å². The minimum atomic E-state index is -1.41. The van der Waals surface area contributed by atoms with Crippen molar-refractivity contribution in [2.75, 3.05) is 18.0 Å². The molecule has 4 rings (SSSR count). The van der Waals surface area contributed by atoms with Crippen LogP contribution in [0.2, 0.25) is 0 Å². The Morgan fingerprint density at radius 2 is 2.00 bits per heavy atom. The van der Waals surface area contributed by atoms with Crippen LogP contribution in [0.3, 0.4) is 0 Å². The van der Waals surface area contributed by atoms with Gasteiger partial charge in [-0.2, -0.15) is 0 Å². The summed E-state index contributed by atoms with van der Waals surface area (Å²) in [5.74, 6) is -1.45. The van der Waals surface area contributed by atoms with E-state index >= 15 is 4.39 Å². The molecule has 1 aliphatic heterocycles. The molecule has 1 aromatic heterocycles. The molecule has 2 aromatic rings. The Hall–Kier alpha value is -2.48. The van der Waals surface area contributed by atoms with E-state index in [0.29, 0.717) is 35.8 Å². The normalized spacial score (nSPS) is 26.5. The van der Waals surface area contributed by atoms with Crippen molar-refractivity contribution in [2.24, 2.45) is 17.6 Å². The van der Waals surface area contributed by atoms with E-state index in [-0.39, 0.29) is 23.8 Å². The Morgan fingerprint density at radius 3 is 2.52 bits per heavy atom. The van der Waals surface area contributed by atoms with E-state index in [0.717, 1.165) is 6.07 Å². The molecule has 6 nitrogen and oxygen atoms in total. The monoisotopic (exact) mass is 405 g/mol. The Morgan fingerprint density at radius 1 is 1.34 bits per heavy atom. The van der Waals surface area contributed by atoms with E-state index in [9.17, 15) is 19.1 Å². The van der Waals surface area contributed by atoms with Crippen LogP contribution in [0, 0.1) is 24.6 Å². The summed E-state index contributed by atoms with van der Waals surface area (Å²) in [6, 6.07) is 0.449. The van der Waals surface area contributed by atoms with Crippen molar-refractivity contribution in [3.63, 3.8) is 0 Å². The third kappa shape index (κ3) is 3.10. The number of anilines is 1. The number of hydrogen-bond acceptors (Lipinski definition) is 4. The number of nitrogens with zero attached hydrogens (tertiary/aromatic N) is 2. The van der Waals surface area contributed by atoms with E-state index in [4.69, 9.17) is 5.73 Å². The molecule has 4 unspecified atom stereocenters. The van der Waals surface area contributed by atoms with E-state index in [1.54, 1.807) is 6.92 Å². The predicted molar refractivity (Wildman–Crippen MR) is 107 cm³/mol. The van der Waals surface area contributed by atoms with Gasteiger partial charge in [-0.25, -0.2) is 13.6 Å². The van der Waals surface area contributed by atoms with Crippen LogP contribution in [0.4, 0.5) is 14.5 Å². The average Bonchev–Trinajstić information content (AvgIpc) is 3.22. The molecule has 2 heterocycles. The number of hydrogen-bond donors (Lipinski definition) is 2. The first-order valence-corrected chi connectivity index (χ1v) is 9.87. The maximum atomic E-state index is 15.2. The molecule has 0 amide bonds. The molecular formula is C21H25F2N3O3. The second kappa shape index (κ2) is 6.79. The maximum absolute atomic E-state index is 15.2. The summed E-state index contributed by atoms with van der Waals surface area (Å²) in [6.45, 7) is 6.93. The van der Waals surface area contributed by atoms with E-state index in [2.05, 4.69) is 13.8 Å². The quantitative estimate of drug-likeness (QED) is 0.817. The number of alkyl halides is 1. The number of pyridine rings is 1. The predicted octanol–water partition coefficient (Wildman–Crippen LogP) is 2.85. The number of aryl methyl sites for hydroxylation is 1. The molecule has 0 bridgehead atoms. The molecule has 3 N–H and O–H groups in total. The average molecular weight is 405 g/mol. The highest BCUT2D eigenvalue weighted by Crippen LogP contribution is 2.43. The van der Waals surface area contributed by atoms with Gasteiger partial charge in [-0.05, 0) is 30.4 Å². The minimum Gasteiger partial charge on any atom is -0.477 e. The number of carboxylic acids is 1. The smallest absolute Gasteiger partial charge is 0.341 e. The number of halogens is 2. The molecule has 0 radical (unpaired) electrons. The third-order valence-electron chi connectivity index (χ3n) is 6.33. The number of aromatic carboxylic acids is 1. The van der Waals surface area contributed by atoms with Crippen molar-refractivity contribution in [1.29, 1.82) is 0 Å². The summed E-state index contributed by atoms with van der Waals surface area (Å²) in [6.07, 6.45) is 0.326. The summed E-state index contributed by atoms with van der Waals surface area (Å²) in [4.78, 5) is 26.1. The van der Waals surface area contributed by atoms with Gasteiger partial charge in [-0.1, -0.05) is 13.8 Å². The van der Waals surface area contributed by atoms with Gasteiger partial charge in [0.1, 0.15) is 17.6 Å². The number of benzene rings is 1. The summed E-state index contributed by atoms with van der Waals surface area (Å²) in [5, 5.41) is 9.34. The lowest BCUT2D eigenvalue weighted by Gasteiger charge is -2.25. The van der Waals surface area contributed by atoms with Gasteiger partial charge < -0.3 is 20.3 Å². The van der Waals surface area contributed by atoms with Crippen molar-refractivity contribution in [2.45, 2.75) is 45.4 Å². The molecular weight excluding hydrogens is 380 g/mol. The van der Waals surface area contributed by atoms with Crippen molar-refractivity contribution >= 4 is 22.6 Å². The highest BCUT2D eigenvalue weighted by atomic mass is 19.1. The molecule has 156 valence electrons. The lowest BCUT2D eigenvalue weighted by Crippen LogP contribution is -2.32. The summed E-state index contributed by atoms with van der Waals surface area (Å²) in [5.41, 5.74) is 6.28.